The number of hydrogen-bond donors (Lipinski definition) is 1. The highest BCUT2D eigenvalue weighted by molar-refractivity contribution is 7.79. The third-order valence-electron chi connectivity index (χ3n) is 4.07. The third kappa shape index (κ3) is 3.09. The topological polar surface area (TPSA) is 63.3 Å². The molecule has 5 heteroatoms. The maximum atomic E-state index is 11.0. The molecule has 1 aliphatic carbocycles. The largest absolute Gasteiger partial charge is 0.441 e. The van der Waals surface area contributed by atoms with Crippen molar-refractivity contribution in [3.63, 3.8) is 0 Å². The average Bonchev–Trinajstić information content (AvgIpc) is 2.90. The van der Waals surface area contributed by atoms with Gasteiger partial charge in [0.1, 0.15) is 0 Å². The van der Waals surface area contributed by atoms with Crippen LogP contribution in [-0.2, 0) is 11.1 Å². The Balaban J connectivity index is 1.95. The molecule has 2 aromatic rings. The lowest BCUT2D eigenvalue weighted by atomic mass is 9.85. The van der Waals surface area contributed by atoms with Gasteiger partial charge in [0.05, 0.1) is 10.6 Å². The molecule has 3 rings (SSSR count). The molecule has 0 saturated heterocycles. The SMILES string of the molecule is Cc1nc(C2CCCCC2)c(-c2ccc(S(=O)O)cc2)o1. The van der Waals surface area contributed by atoms with E-state index in [2.05, 4.69) is 4.98 Å². The van der Waals surface area contributed by atoms with Gasteiger partial charge in [-0.05, 0) is 37.1 Å². The van der Waals surface area contributed by atoms with Crippen molar-refractivity contribution in [2.75, 3.05) is 0 Å². The van der Waals surface area contributed by atoms with Gasteiger partial charge in [-0.15, -0.1) is 0 Å². The summed E-state index contributed by atoms with van der Waals surface area (Å²) in [7, 11) is 0. The summed E-state index contributed by atoms with van der Waals surface area (Å²) in [5.41, 5.74) is 1.97. The van der Waals surface area contributed by atoms with Crippen LogP contribution in [0.4, 0.5) is 0 Å². The van der Waals surface area contributed by atoms with Crippen LogP contribution in [-0.4, -0.2) is 13.7 Å². The first-order valence-electron chi connectivity index (χ1n) is 7.34. The zero-order chi connectivity index (χ0) is 14.8. The monoisotopic (exact) mass is 305 g/mol. The van der Waals surface area contributed by atoms with Gasteiger partial charge in [0.15, 0.2) is 22.7 Å². The molecule has 0 amide bonds. The maximum Gasteiger partial charge on any atom is 0.192 e. The van der Waals surface area contributed by atoms with Crippen LogP contribution in [0.1, 0.15) is 49.6 Å². The molecule has 0 bridgehead atoms. The minimum absolute atomic E-state index is 0.397. The molecule has 1 unspecified atom stereocenters. The summed E-state index contributed by atoms with van der Waals surface area (Å²) in [5.74, 6) is 1.97. The molecule has 4 nitrogen and oxygen atoms in total. The van der Waals surface area contributed by atoms with Crippen molar-refractivity contribution >= 4 is 11.1 Å². The van der Waals surface area contributed by atoms with E-state index in [0.29, 0.717) is 16.7 Å². The van der Waals surface area contributed by atoms with Gasteiger partial charge in [-0.3, -0.25) is 0 Å². The van der Waals surface area contributed by atoms with Crippen molar-refractivity contribution in [3.8, 4) is 11.3 Å². The second kappa shape index (κ2) is 6.12. The van der Waals surface area contributed by atoms with Gasteiger partial charge in [-0.25, -0.2) is 9.19 Å². The van der Waals surface area contributed by atoms with Gasteiger partial charge in [0.2, 0.25) is 0 Å². The zero-order valence-corrected chi connectivity index (χ0v) is 12.9. The molecule has 112 valence electrons. The van der Waals surface area contributed by atoms with Gasteiger partial charge in [-0.1, -0.05) is 19.3 Å². The van der Waals surface area contributed by atoms with Crippen LogP contribution in [0.2, 0.25) is 0 Å². The minimum atomic E-state index is -1.94. The Morgan fingerprint density at radius 1 is 1.19 bits per heavy atom. The van der Waals surface area contributed by atoms with E-state index in [9.17, 15) is 4.21 Å². The van der Waals surface area contributed by atoms with Gasteiger partial charge >= 0.3 is 0 Å². The second-order valence-electron chi connectivity index (χ2n) is 5.56. The van der Waals surface area contributed by atoms with E-state index in [1.165, 1.54) is 19.3 Å². The van der Waals surface area contributed by atoms with Gasteiger partial charge in [0.25, 0.3) is 0 Å². The summed E-state index contributed by atoms with van der Waals surface area (Å²) in [6, 6.07) is 6.98. The summed E-state index contributed by atoms with van der Waals surface area (Å²) >= 11 is -1.94. The Hall–Kier alpha value is -1.46. The van der Waals surface area contributed by atoms with Crippen LogP contribution in [0.25, 0.3) is 11.3 Å². The summed E-state index contributed by atoms with van der Waals surface area (Å²) in [6.45, 7) is 1.87. The van der Waals surface area contributed by atoms with Crippen LogP contribution in [0.5, 0.6) is 0 Å². The quantitative estimate of drug-likeness (QED) is 0.860. The fourth-order valence-corrected chi connectivity index (χ4v) is 3.39. The lowest BCUT2D eigenvalue weighted by Gasteiger charge is -2.20. The van der Waals surface area contributed by atoms with E-state index in [0.717, 1.165) is 29.9 Å². The van der Waals surface area contributed by atoms with Crippen LogP contribution < -0.4 is 0 Å². The highest BCUT2D eigenvalue weighted by Gasteiger charge is 2.24. The molecule has 1 aliphatic rings. The van der Waals surface area contributed by atoms with Crippen LogP contribution >= 0.6 is 0 Å². The Morgan fingerprint density at radius 3 is 2.48 bits per heavy atom. The lowest BCUT2D eigenvalue weighted by Crippen LogP contribution is -2.06. The molecule has 1 heterocycles. The fraction of sp³-hybridized carbons (Fsp3) is 0.438. The second-order valence-corrected chi connectivity index (χ2v) is 6.53. The molecule has 21 heavy (non-hydrogen) atoms. The molecule has 0 spiro atoms. The zero-order valence-electron chi connectivity index (χ0n) is 12.0. The Kier molecular flexibility index (Phi) is 4.22. The number of aromatic nitrogens is 1. The standard InChI is InChI=1S/C16H19NO3S/c1-11-17-15(12-5-3-2-4-6-12)16(20-11)13-7-9-14(10-8-13)21(18)19/h7-10,12H,2-6H2,1H3,(H,18,19). The highest BCUT2D eigenvalue weighted by atomic mass is 32.2. The van der Waals surface area contributed by atoms with Crippen molar-refractivity contribution in [3.05, 3.63) is 35.9 Å². The Morgan fingerprint density at radius 2 is 1.86 bits per heavy atom. The van der Waals surface area contributed by atoms with Gasteiger partial charge in [-0.2, -0.15) is 0 Å². The smallest absolute Gasteiger partial charge is 0.192 e. The van der Waals surface area contributed by atoms with Gasteiger partial charge < -0.3 is 8.97 Å². The molecule has 1 aromatic heterocycles. The summed E-state index contributed by atoms with van der Waals surface area (Å²) in [4.78, 5) is 4.99. The number of nitrogens with zero attached hydrogens (tertiary/aromatic N) is 1. The lowest BCUT2D eigenvalue weighted by molar-refractivity contribution is 0.437. The first kappa shape index (κ1) is 14.5. The highest BCUT2D eigenvalue weighted by Crippen LogP contribution is 2.38. The van der Waals surface area contributed by atoms with Crippen molar-refractivity contribution in [2.45, 2.75) is 49.8 Å². The van der Waals surface area contributed by atoms with Crippen LogP contribution in [0, 0.1) is 6.92 Å². The molecule has 0 aliphatic heterocycles. The predicted octanol–water partition coefficient (Wildman–Crippen LogP) is 4.28. The molecule has 1 N–H and O–H groups in total. The molecule has 1 saturated carbocycles. The number of hydrogen-bond acceptors (Lipinski definition) is 3. The maximum absolute atomic E-state index is 11.0. The van der Waals surface area contributed by atoms with E-state index < -0.39 is 11.1 Å². The van der Waals surface area contributed by atoms with Crippen molar-refractivity contribution in [1.29, 1.82) is 0 Å². The van der Waals surface area contributed by atoms with E-state index in [-0.39, 0.29) is 0 Å². The van der Waals surface area contributed by atoms with Crippen molar-refractivity contribution < 1.29 is 13.2 Å². The summed E-state index contributed by atoms with van der Waals surface area (Å²) < 4.78 is 25.9. The van der Waals surface area contributed by atoms with E-state index in [1.807, 2.05) is 19.1 Å². The predicted molar refractivity (Wildman–Crippen MR) is 81.5 cm³/mol. The van der Waals surface area contributed by atoms with Crippen LogP contribution in [0.3, 0.4) is 0 Å². The van der Waals surface area contributed by atoms with Crippen LogP contribution in [0.15, 0.2) is 33.6 Å². The normalized spacial score (nSPS) is 17.8. The molecular weight excluding hydrogens is 286 g/mol. The summed E-state index contributed by atoms with van der Waals surface area (Å²) in [6.07, 6.45) is 6.13. The fourth-order valence-electron chi connectivity index (χ4n) is 3.03. The Labute approximate surface area is 126 Å². The Bertz CT molecular complexity index is 642. The molecular formula is C16H19NO3S. The molecule has 0 radical (unpaired) electrons. The number of aryl methyl sites for hydroxylation is 1. The molecule has 1 fully saturated rings. The van der Waals surface area contributed by atoms with E-state index in [1.54, 1.807) is 12.1 Å². The van der Waals surface area contributed by atoms with Crippen molar-refractivity contribution in [2.24, 2.45) is 0 Å². The average molecular weight is 305 g/mol. The first-order chi connectivity index (χ1) is 10.1. The van der Waals surface area contributed by atoms with E-state index in [4.69, 9.17) is 8.97 Å². The minimum Gasteiger partial charge on any atom is -0.441 e. The van der Waals surface area contributed by atoms with Crippen molar-refractivity contribution in [1.82, 2.24) is 4.98 Å². The number of benzene rings is 1. The molecule has 1 atom stereocenters. The van der Waals surface area contributed by atoms with E-state index >= 15 is 0 Å². The number of rotatable bonds is 3. The van der Waals surface area contributed by atoms with Gasteiger partial charge in [0, 0.05) is 18.4 Å². The summed E-state index contributed by atoms with van der Waals surface area (Å²) in [5, 5.41) is 0. The molecule has 1 aromatic carbocycles. The number of oxazole rings is 1. The third-order valence-corrected chi connectivity index (χ3v) is 4.75. The first-order valence-corrected chi connectivity index (χ1v) is 8.44.